The summed E-state index contributed by atoms with van der Waals surface area (Å²) < 4.78 is 1.59. The van der Waals surface area contributed by atoms with Crippen LogP contribution in [-0.4, -0.2) is 49.0 Å². The number of carbonyl (C=O) groups excluding carboxylic acids is 1. The van der Waals surface area contributed by atoms with Crippen LogP contribution >= 0.6 is 0 Å². The Morgan fingerprint density at radius 3 is 2.80 bits per heavy atom. The van der Waals surface area contributed by atoms with Crippen LogP contribution in [0.5, 0.6) is 0 Å². The molecule has 0 atom stereocenters. The number of nitriles is 1. The fourth-order valence-corrected chi connectivity index (χ4v) is 3.07. The standard InChI is InChI=1S/C21H18N8O/c1-28(11-5-9-22)21(30)17-8-4-7-15(26-17)14-12-25-20-18(16-6-2-3-10-24-16)19(23)27-29(20)13-14/h2-4,6-8,10,12-13H,5,11H2,1H3,(H2,23,27). The highest BCUT2D eigenvalue weighted by Crippen LogP contribution is 2.28. The Hall–Kier alpha value is -4.32. The van der Waals surface area contributed by atoms with Gasteiger partial charge >= 0.3 is 0 Å². The molecule has 0 aliphatic heterocycles. The van der Waals surface area contributed by atoms with Crippen molar-refractivity contribution in [1.29, 1.82) is 5.26 Å². The lowest BCUT2D eigenvalue weighted by Gasteiger charge is -2.15. The van der Waals surface area contributed by atoms with Gasteiger partial charge in [0.15, 0.2) is 11.5 Å². The summed E-state index contributed by atoms with van der Waals surface area (Å²) in [4.78, 5) is 27.3. The summed E-state index contributed by atoms with van der Waals surface area (Å²) in [6.45, 7) is 0.345. The molecule has 0 aromatic carbocycles. The summed E-state index contributed by atoms with van der Waals surface area (Å²) in [5.74, 6) is 0.0799. The summed E-state index contributed by atoms with van der Waals surface area (Å²) in [5, 5.41) is 13.1. The molecule has 2 N–H and O–H groups in total. The fraction of sp³-hybridized carbons (Fsp3) is 0.143. The highest BCUT2D eigenvalue weighted by Gasteiger charge is 2.17. The van der Waals surface area contributed by atoms with Gasteiger partial charge in [0.05, 0.1) is 29.4 Å². The van der Waals surface area contributed by atoms with E-state index in [2.05, 4.69) is 20.1 Å². The van der Waals surface area contributed by atoms with Crippen LogP contribution < -0.4 is 5.73 Å². The largest absolute Gasteiger partial charge is 0.382 e. The lowest BCUT2D eigenvalue weighted by molar-refractivity contribution is 0.0792. The van der Waals surface area contributed by atoms with Gasteiger partial charge in [0.2, 0.25) is 0 Å². The van der Waals surface area contributed by atoms with Gasteiger partial charge in [-0.05, 0) is 24.3 Å². The van der Waals surface area contributed by atoms with Gasteiger partial charge in [-0.2, -0.15) is 5.26 Å². The zero-order valence-corrected chi connectivity index (χ0v) is 16.2. The SMILES string of the molecule is CN(CCC#N)C(=O)c1cccc(-c2cnc3c(-c4ccccn4)c(N)nn3c2)n1. The molecule has 0 radical (unpaired) electrons. The normalized spacial score (nSPS) is 10.7. The lowest BCUT2D eigenvalue weighted by atomic mass is 10.2. The smallest absolute Gasteiger partial charge is 0.272 e. The average Bonchev–Trinajstić information content (AvgIpc) is 3.12. The van der Waals surface area contributed by atoms with E-state index in [1.165, 1.54) is 4.90 Å². The van der Waals surface area contributed by atoms with Crippen molar-refractivity contribution < 1.29 is 4.79 Å². The summed E-state index contributed by atoms with van der Waals surface area (Å²) in [7, 11) is 1.65. The molecule has 4 rings (SSSR count). The van der Waals surface area contributed by atoms with E-state index in [-0.39, 0.29) is 12.3 Å². The molecule has 0 fully saturated rings. The number of carbonyl (C=O) groups is 1. The fourth-order valence-electron chi connectivity index (χ4n) is 3.07. The number of rotatable bonds is 5. The number of hydrogen-bond donors (Lipinski definition) is 1. The highest BCUT2D eigenvalue weighted by molar-refractivity contribution is 5.92. The minimum atomic E-state index is -0.248. The Morgan fingerprint density at radius 1 is 1.20 bits per heavy atom. The second-order valence-corrected chi connectivity index (χ2v) is 6.63. The van der Waals surface area contributed by atoms with Crippen LogP contribution in [0.3, 0.4) is 0 Å². The minimum Gasteiger partial charge on any atom is -0.382 e. The molecule has 0 bridgehead atoms. The maximum atomic E-state index is 12.5. The van der Waals surface area contributed by atoms with Crippen molar-refractivity contribution in [3.8, 4) is 28.6 Å². The van der Waals surface area contributed by atoms with Crippen LogP contribution in [-0.2, 0) is 0 Å². The summed E-state index contributed by atoms with van der Waals surface area (Å²) >= 11 is 0. The Balaban J connectivity index is 1.69. The molecular weight excluding hydrogens is 380 g/mol. The predicted octanol–water partition coefficient (Wildman–Crippen LogP) is 2.42. The van der Waals surface area contributed by atoms with Gasteiger partial charge in [0.25, 0.3) is 5.91 Å². The number of anilines is 1. The number of nitrogens with zero attached hydrogens (tertiary/aromatic N) is 7. The van der Waals surface area contributed by atoms with Crippen LogP contribution in [0.4, 0.5) is 5.82 Å². The van der Waals surface area contributed by atoms with E-state index >= 15 is 0 Å². The molecule has 0 unspecified atom stereocenters. The first-order valence-electron chi connectivity index (χ1n) is 9.23. The van der Waals surface area contributed by atoms with Crippen molar-refractivity contribution in [3.63, 3.8) is 0 Å². The molecule has 148 valence electrons. The molecular formula is C21H18N8O. The quantitative estimate of drug-likeness (QED) is 0.547. The Kier molecular flexibility index (Phi) is 5.05. The van der Waals surface area contributed by atoms with Gasteiger partial charge in [0, 0.05) is 37.7 Å². The van der Waals surface area contributed by atoms with Crippen LogP contribution in [0.2, 0.25) is 0 Å². The van der Waals surface area contributed by atoms with E-state index < -0.39 is 0 Å². The van der Waals surface area contributed by atoms with Gasteiger partial charge in [0.1, 0.15) is 5.69 Å². The Bertz CT molecular complexity index is 1260. The molecule has 1 amide bonds. The van der Waals surface area contributed by atoms with E-state index in [1.54, 1.807) is 48.4 Å². The first kappa shape index (κ1) is 19.0. The minimum absolute atomic E-state index is 0.248. The molecule has 4 heterocycles. The van der Waals surface area contributed by atoms with E-state index in [0.717, 1.165) is 0 Å². The molecule has 0 saturated carbocycles. The van der Waals surface area contributed by atoms with E-state index in [1.807, 2.05) is 24.3 Å². The highest BCUT2D eigenvalue weighted by atomic mass is 16.2. The second kappa shape index (κ2) is 7.97. The van der Waals surface area contributed by atoms with Gasteiger partial charge in [-0.15, -0.1) is 5.10 Å². The predicted molar refractivity (Wildman–Crippen MR) is 111 cm³/mol. The third kappa shape index (κ3) is 3.54. The zero-order chi connectivity index (χ0) is 21.1. The number of nitrogen functional groups attached to an aromatic ring is 1. The summed E-state index contributed by atoms with van der Waals surface area (Å²) in [5.41, 5.74) is 9.61. The number of fused-ring (bicyclic) bond motifs is 1. The monoisotopic (exact) mass is 398 g/mol. The molecule has 0 aliphatic carbocycles. The van der Waals surface area contributed by atoms with Crippen LogP contribution in [0.1, 0.15) is 16.9 Å². The van der Waals surface area contributed by atoms with Crippen LogP contribution in [0.15, 0.2) is 55.0 Å². The molecule has 30 heavy (non-hydrogen) atoms. The molecule has 0 aliphatic rings. The maximum absolute atomic E-state index is 12.5. The van der Waals surface area contributed by atoms with Crippen molar-refractivity contribution in [2.24, 2.45) is 0 Å². The lowest BCUT2D eigenvalue weighted by Crippen LogP contribution is -2.28. The molecule has 4 aromatic heterocycles. The number of nitrogens with two attached hydrogens (primary N) is 1. The van der Waals surface area contributed by atoms with Gasteiger partial charge < -0.3 is 10.6 Å². The molecule has 9 heteroatoms. The van der Waals surface area contributed by atoms with Gasteiger partial charge in [-0.1, -0.05) is 12.1 Å². The van der Waals surface area contributed by atoms with Gasteiger partial charge in [-0.25, -0.2) is 14.5 Å². The van der Waals surface area contributed by atoms with Crippen molar-refractivity contribution in [1.82, 2.24) is 29.5 Å². The van der Waals surface area contributed by atoms with Crippen molar-refractivity contribution >= 4 is 17.4 Å². The maximum Gasteiger partial charge on any atom is 0.272 e. The first-order chi connectivity index (χ1) is 14.6. The van der Waals surface area contributed by atoms with Crippen molar-refractivity contribution in [3.05, 3.63) is 60.7 Å². The van der Waals surface area contributed by atoms with E-state index in [4.69, 9.17) is 11.0 Å². The Labute approximate surface area is 172 Å². The van der Waals surface area contributed by atoms with E-state index in [9.17, 15) is 4.79 Å². The second-order valence-electron chi connectivity index (χ2n) is 6.63. The summed E-state index contributed by atoms with van der Waals surface area (Å²) in [6.07, 6.45) is 5.38. The topological polar surface area (TPSA) is 126 Å². The third-order valence-electron chi connectivity index (χ3n) is 4.59. The van der Waals surface area contributed by atoms with Crippen molar-refractivity contribution in [2.75, 3.05) is 19.3 Å². The summed E-state index contributed by atoms with van der Waals surface area (Å²) in [6, 6.07) is 12.8. The van der Waals surface area contributed by atoms with E-state index in [0.29, 0.717) is 46.2 Å². The third-order valence-corrected chi connectivity index (χ3v) is 4.59. The molecule has 0 saturated heterocycles. The first-order valence-corrected chi connectivity index (χ1v) is 9.23. The van der Waals surface area contributed by atoms with Crippen molar-refractivity contribution in [2.45, 2.75) is 6.42 Å². The number of hydrogen-bond acceptors (Lipinski definition) is 7. The number of aromatic nitrogens is 5. The molecule has 0 spiro atoms. The van der Waals surface area contributed by atoms with Gasteiger partial charge in [-0.3, -0.25) is 9.78 Å². The number of pyridine rings is 2. The zero-order valence-electron chi connectivity index (χ0n) is 16.2. The number of amides is 1. The van der Waals surface area contributed by atoms with Crippen LogP contribution in [0.25, 0.3) is 28.2 Å². The average molecular weight is 398 g/mol. The molecule has 4 aromatic rings. The molecule has 9 nitrogen and oxygen atoms in total. The van der Waals surface area contributed by atoms with Crippen LogP contribution in [0, 0.1) is 11.3 Å². The Morgan fingerprint density at radius 2 is 2.03 bits per heavy atom.